The van der Waals surface area contributed by atoms with Crippen LogP contribution in [0.15, 0.2) is 29.4 Å². The molecule has 5 heteroatoms. The predicted octanol–water partition coefficient (Wildman–Crippen LogP) is 3.50. The van der Waals surface area contributed by atoms with E-state index in [9.17, 15) is 4.79 Å². The first kappa shape index (κ1) is 13.8. The van der Waals surface area contributed by atoms with Gasteiger partial charge in [-0.15, -0.1) is 0 Å². The Morgan fingerprint density at radius 2 is 2.33 bits per heavy atom. The summed E-state index contributed by atoms with van der Waals surface area (Å²) in [6, 6.07) is 5.39. The fraction of sp³-hybridized carbons (Fsp3) is 0.308. The number of benzene rings is 1. The van der Waals surface area contributed by atoms with Gasteiger partial charge in [-0.05, 0) is 42.1 Å². The van der Waals surface area contributed by atoms with Gasteiger partial charge in [0.2, 0.25) is 0 Å². The van der Waals surface area contributed by atoms with Crippen LogP contribution < -0.4 is 0 Å². The highest BCUT2D eigenvalue weighted by atomic mass is 16.5. The predicted molar refractivity (Wildman–Crippen MR) is 70.2 cm³/mol. The zero-order valence-electron chi connectivity index (χ0n) is 10.5. The molecule has 0 saturated carbocycles. The average molecular weight is 245 g/mol. The van der Waals surface area contributed by atoms with Crippen molar-refractivity contribution in [1.29, 1.82) is 0 Å². The molecule has 0 atom stereocenters. The van der Waals surface area contributed by atoms with Crippen LogP contribution in [0.1, 0.15) is 27.9 Å². The van der Waals surface area contributed by atoms with Crippen molar-refractivity contribution in [3.8, 4) is 0 Å². The van der Waals surface area contributed by atoms with Crippen LogP contribution in [0.2, 0.25) is 0 Å². The standard InChI is InChI=1S/C13H15N3O2/c1-10-9-12(13(17)18-2)7-6-11(10)5-3-4-8-15-16-14/h3,5-7,9H,4,8H2,1-2H3. The average Bonchev–Trinajstić information content (AvgIpc) is 2.39. The van der Waals surface area contributed by atoms with Gasteiger partial charge < -0.3 is 4.74 Å². The summed E-state index contributed by atoms with van der Waals surface area (Å²) >= 11 is 0. The largest absolute Gasteiger partial charge is 0.465 e. The summed E-state index contributed by atoms with van der Waals surface area (Å²) in [5, 5.41) is 3.44. The van der Waals surface area contributed by atoms with Crippen LogP contribution in [0.5, 0.6) is 0 Å². The number of nitrogens with zero attached hydrogens (tertiary/aromatic N) is 3. The summed E-state index contributed by atoms with van der Waals surface area (Å²) in [5.74, 6) is -0.336. The SMILES string of the molecule is COC(=O)c1ccc(C=CCCN=[N+]=[N-])c(C)c1. The Bertz CT molecular complexity index is 503. The minimum absolute atomic E-state index is 0.336. The number of ether oxygens (including phenoxy) is 1. The fourth-order valence-corrected chi connectivity index (χ4v) is 1.49. The molecule has 0 radical (unpaired) electrons. The van der Waals surface area contributed by atoms with Gasteiger partial charge in [-0.3, -0.25) is 0 Å². The minimum atomic E-state index is -0.336. The molecule has 0 aliphatic heterocycles. The van der Waals surface area contributed by atoms with Gasteiger partial charge in [0.25, 0.3) is 0 Å². The fourth-order valence-electron chi connectivity index (χ4n) is 1.49. The van der Waals surface area contributed by atoms with Crippen LogP contribution in [0.3, 0.4) is 0 Å². The summed E-state index contributed by atoms with van der Waals surface area (Å²) in [4.78, 5) is 14.0. The maximum atomic E-state index is 11.3. The van der Waals surface area contributed by atoms with E-state index >= 15 is 0 Å². The molecule has 5 nitrogen and oxygen atoms in total. The Morgan fingerprint density at radius 1 is 1.56 bits per heavy atom. The molecule has 0 aliphatic carbocycles. The molecule has 0 N–H and O–H groups in total. The number of rotatable bonds is 5. The lowest BCUT2D eigenvalue weighted by molar-refractivity contribution is 0.0600. The Morgan fingerprint density at radius 3 is 2.94 bits per heavy atom. The molecule has 94 valence electrons. The van der Waals surface area contributed by atoms with Crippen molar-refractivity contribution in [2.75, 3.05) is 13.7 Å². The van der Waals surface area contributed by atoms with E-state index in [1.165, 1.54) is 7.11 Å². The number of esters is 1. The van der Waals surface area contributed by atoms with E-state index in [2.05, 4.69) is 14.8 Å². The van der Waals surface area contributed by atoms with Gasteiger partial charge >= 0.3 is 5.97 Å². The lowest BCUT2D eigenvalue weighted by Gasteiger charge is -2.03. The maximum Gasteiger partial charge on any atom is 0.337 e. The quantitative estimate of drug-likeness (QED) is 0.262. The van der Waals surface area contributed by atoms with Gasteiger partial charge in [0, 0.05) is 11.5 Å². The molecule has 0 aromatic heterocycles. The second-order valence-electron chi connectivity index (χ2n) is 3.71. The zero-order chi connectivity index (χ0) is 13.4. The van der Waals surface area contributed by atoms with Crippen molar-refractivity contribution in [3.63, 3.8) is 0 Å². The molecular weight excluding hydrogens is 230 g/mol. The molecule has 0 saturated heterocycles. The van der Waals surface area contributed by atoms with Gasteiger partial charge in [-0.1, -0.05) is 23.3 Å². The molecule has 1 aromatic carbocycles. The van der Waals surface area contributed by atoms with Gasteiger partial charge in [0.15, 0.2) is 0 Å². The van der Waals surface area contributed by atoms with Crippen molar-refractivity contribution >= 4 is 12.0 Å². The van der Waals surface area contributed by atoms with E-state index in [1.807, 2.05) is 25.1 Å². The van der Waals surface area contributed by atoms with E-state index in [-0.39, 0.29) is 5.97 Å². The van der Waals surface area contributed by atoms with E-state index in [0.29, 0.717) is 18.5 Å². The molecule has 0 amide bonds. The van der Waals surface area contributed by atoms with Crippen molar-refractivity contribution < 1.29 is 9.53 Å². The Labute approximate surface area is 106 Å². The molecule has 0 heterocycles. The molecule has 1 rings (SSSR count). The van der Waals surface area contributed by atoms with Crippen LogP contribution >= 0.6 is 0 Å². The lowest BCUT2D eigenvalue weighted by Crippen LogP contribution is -2.01. The van der Waals surface area contributed by atoms with E-state index < -0.39 is 0 Å². The zero-order valence-corrected chi connectivity index (χ0v) is 10.5. The van der Waals surface area contributed by atoms with Crippen LogP contribution in [0.25, 0.3) is 16.5 Å². The third-order valence-corrected chi connectivity index (χ3v) is 2.45. The first-order valence-electron chi connectivity index (χ1n) is 5.55. The maximum absolute atomic E-state index is 11.3. The van der Waals surface area contributed by atoms with Gasteiger partial charge in [0.1, 0.15) is 0 Å². The number of azide groups is 1. The van der Waals surface area contributed by atoms with Crippen molar-refractivity contribution in [2.24, 2.45) is 5.11 Å². The Kier molecular flexibility index (Phi) is 5.48. The highest BCUT2D eigenvalue weighted by Crippen LogP contribution is 2.14. The summed E-state index contributed by atoms with van der Waals surface area (Å²) in [6.07, 6.45) is 4.58. The number of carbonyl (C=O) groups excluding carboxylic acids is 1. The second-order valence-corrected chi connectivity index (χ2v) is 3.71. The second kappa shape index (κ2) is 7.14. The smallest absolute Gasteiger partial charge is 0.337 e. The van der Waals surface area contributed by atoms with Crippen LogP contribution in [-0.2, 0) is 4.74 Å². The number of hydrogen-bond acceptors (Lipinski definition) is 3. The molecule has 0 unspecified atom stereocenters. The van der Waals surface area contributed by atoms with E-state index in [1.54, 1.807) is 12.1 Å². The highest BCUT2D eigenvalue weighted by Gasteiger charge is 2.05. The highest BCUT2D eigenvalue weighted by molar-refractivity contribution is 5.89. The normalized spacial score (nSPS) is 10.1. The first-order chi connectivity index (χ1) is 8.69. The van der Waals surface area contributed by atoms with Gasteiger partial charge in [0.05, 0.1) is 12.7 Å². The first-order valence-corrected chi connectivity index (χ1v) is 5.55. The number of methoxy groups -OCH3 is 1. The van der Waals surface area contributed by atoms with Crippen LogP contribution in [0, 0.1) is 6.92 Å². The summed E-state index contributed by atoms with van der Waals surface area (Å²) in [7, 11) is 1.36. The van der Waals surface area contributed by atoms with Crippen LogP contribution in [-0.4, -0.2) is 19.6 Å². The lowest BCUT2D eigenvalue weighted by atomic mass is 10.0. The molecule has 0 fully saturated rings. The topological polar surface area (TPSA) is 75.1 Å². The Hall–Kier alpha value is -2.26. The third-order valence-electron chi connectivity index (χ3n) is 2.45. The molecule has 1 aromatic rings. The molecular formula is C13H15N3O2. The van der Waals surface area contributed by atoms with Crippen molar-refractivity contribution in [1.82, 2.24) is 0 Å². The van der Waals surface area contributed by atoms with E-state index in [4.69, 9.17) is 5.53 Å². The summed E-state index contributed by atoms with van der Waals surface area (Å²) < 4.78 is 4.65. The molecule has 0 bridgehead atoms. The Balaban J connectivity index is 2.73. The number of hydrogen-bond donors (Lipinski definition) is 0. The number of carbonyl (C=O) groups is 1. The summed E-state index contributed by atoms with van der Waals surface area (Å²) in [6.45, 7) is 2.38. The van der Waals surface area contributed by atoms with Crippen LogP contribution in [0.4, 0.5) is 0 Å². The van der Waals surface area contributed by atoms with E-state index in [0.717, 1.165) is 11.1 Å². The summed E-state index contributed by atoms with van der Waals surface area (Å²) in [5.41, 5.74) is 10.7. The third kappa shape index (κ3) is 3.96. The molecule has 0 spiro atoms. The number of aryl methyl sites for hydroxylation is 1. The van der Waals surface area contributed by atoms with Crippen molar-refractivity contribution in [2.45, 2.75) is 13.3 Å². The van der Waals surface area contributed by atoms with Gasteiger partial charge in [-0.25, -0.2) is 4.79 Å². The molecule has 0 aliphatic rings. The molecule has 18 heavy (non-hydrogen) atoms. The van der Waals surface area contributed by atoms with Gasteiger partial charge in [-0.2, -0.15) is 0 Å². The van der Waals surface area contributed by atoms with Crippen molar-refractivity contribution in [3.05, 3.63) is 51.4 Å². The minimum Gasteiger partial charge on any atom is -0.465 e. The monoisotopic (exact) mass is 245 g/mol.